The summed E-state index contributed by atoms with van der Waals surface area (Å²) in [6.07, 6.45) is 0. The Kier molecular flexibility index (Phi) is 3.79. The van der Waals surface area contributed by atoms with Crippen molar-refractivity contribution in [3.8, 4) is 10.4 Å². The van der Waals surface area contributed by atoms with Gasteiger partial charge in [-0.15, -0.1) is 0 Å². The molecule has 4 heteroatoms. The van der Waals surface area contributed by atoms with Crippen LogP contribution >= 0.6 is 11.3 Å². The van der Waals surface area contributed by atoms with E-state index >= 15 is 0 Å². The Balaban J connectivity index is 2.20. The fourth-order valence-electron chi connectivity index (χ4n) is 1.95. The molecule has 0 saturated carbocycles. The van der Waals surface area contributed by atoms with Gasteiger partial charge in [0, 0.05) is 18.0 Å². The fraction of sp³-hybridized carbons (Fsp3) is 0.0588. The van der Waals surface area contributed by atoms with E-state index in [1.54, 1.807) is 17.7 Å². The maximum atomic E-state index is 12.1. The molecular formula is C17H14N2OS. The van der Waals surface area contributed by atoms with E-state index in [0.29, 0.717) is 4.80 Å². The average molecular weight is 294 g/mol. The molecule has 1 aromatic heterocycles. The minimum absolute atomic E-state index is 0.0534. The molecule has 0 unspecified atom stereocenters. The van der Waals surface area contributed by atoms with E-state index in [1.165, 1.54) is 11.3 Å². The average Bonchev–Trinajstić information content (AvgIpc) is 2.53. The third-order valence-electron chi connectivity index (χ3n) is 3.11. The third-order valence-corrected chi connectivity index (χ3v) is 4.23. The van der Waals surface area contributed by atoms with Crippen LogP contribution in [-0.2, 0) is 7.05 Å². The zero-order valence-electron chi connectivity index (χ0n) is 11.6. The molecule has 0 aliphatic carbocycles. The standard InChI is InChI=1S/C17H14N2OS/c1-19-16(20)12-15(13-8-4-2-5-9-13)21-17(19)18-14-10-6-3-7-11-14/h2-12H,1H3. The Bertz CT molecular complexity index is 865. The van der Waals surface area contributed by atoms with Gasteiger partial charge < -0.3 is 0 Å². The second-order valence-corrected chi connectivity index (χ2v) is 5.61. The maximum Gasteiger partial charge on any atom is 0.253 e. The predicted molar refractivity (Wildman–Crippen MR) is 86.7 cm³/mol. The molecule has 0 aliphatic heterocycles. The first-order valence-corrected chi connectivity index (χ1v) is 7.42. The van der Waals surface area contributed by atoms with E-state index in [9.17, 15) is 4.79 Å². The van der Waals surface area contributed by atoms with E-state index in [0.717, 1.165) is 16.1 Å². The van der Waals surface area contributed by atoms with Gasteiger partial charge in [-0.1, -0.05) is 59.9 Å². The Morgan fingerprint density at radius 3 is 2.24 bits per heavy atom. The summed E-state index contributed by atoms with van der Waals surface area (Å²) in [5.41, 5.74) is 1.82. The SMILES string of the molecule is Cn1c(=O)cc(-c2ccccc2)sc1=Nc1ccccc1. The summed E-state index contributed by atoms with van der Waals surface area (Å²) < 4.78 is 1.57. The number of hydrogen-bond acceptors (Lipinski definition) is 3. The maximum absolute atomic E-state index is 12.1. The van der Waals surface area contributed by atoms with E-state index in [-0.39, 0.29) is 5.56 Å². The molecule has 0 bridgehead atoms. The summed E-state index contributed by atoms with van der Waals surface area (Å²) in [5, 5.41) is 0. The summed E-state index contributed by atoms with van der Waals surface area (Å²) in [6, 6.07) is 21.2. The van der Waals surface area contributed by atoms with Crippen LogP contribution in [0.15, 0.2) is 76.5 Å². The highest BCUT2D eigenvalue weighted by atomic mass is 32.1. The lowest BCUT2D eigenvalue weighted by molar-refractivity contribution is 0.824. The van der Waals surface area contributed by atoms with Gasteiger partial charge in [-0.2, -0.15) is 0 Å². The summed E-state index contributed by atoms with van der Waals surface area (Å²) in [5.74, 6) is 0. The Morgan fingerprint density at radius 1 is 0.952 bits per heavy atom. The Morgan fingerprint density at radius 2 is 1.57 bits per heavy atom. The van der Waals surface area contributed by atoms with Crippen LogP contribution in [0.25, 0.3) is 10.4 Å². The zero-order chi connectivity index (χ0) is 14.7. The number of para-hydroxylation sites is 1. The summed E-state index contributed by atoms with van der Waals surface area (Å²) in [6.45, 7) is 0. The molecule has 0 fully saturated rings. The smallest absolute Gasteiger partial charge is 0.253 e. The van der Waals surface area contributed by atoms with E-state index in [1.807, 2.05) is 60.7 Å². The number of rotatable bonds is 2. The minimum atomic E-state index is -0.0534. The number of aromatic nitrogens is 1. The lowest BCUT2D eigenvalue weighted by atomic mass is 10.2. The van der Waals surface area contributed by atoms with Crippen molar-refractivity contribution >= 4 is 17.0 Å². The fourth-order valence-corrected chi connectivity index (χ4v) is 2.94. The first-order valence-electron chi connectivity index (χ1n) is 6.60. The van der Waals surface area contributed by atoms with Crippen molar-refractivity contribution in [3.63, 3.8) is 0 Å². The van der Waals surface area contributed by atoms with Crippen molar-refractivity contribution < 1.29 is 0 Å². The molecule has 3 nitrogen and oxygen atoms in total. The quantitative estimate of drug-likeness (QED) is 0.713. The van der Waals surface area contributed by atoms with Crippen molar-refractivity contribution in [1.29, 1.82) is 0 Å². The highest BCUT2D eigenvalue weighted by molar-refractivity contribution is 7.12. The molecule has 0 spiro atoms. The van der Waals surface area contributed by atoms with Crippen LogP contribution in [0.3, 0.4) is 0 Å². The van der Waals surface area contributed by atoms with Crippen molar-refractivity contribution in [2.75, 3.05) is 0 Å². The molecule has 0 saturated heterocycles. The van der Waals surface area contributed by atoms with Crippen molar-refractivity contribution in [2.45, 2.75) is 0 Å². The number of nitrogens with zero attached hydrogens (tertiary/aromatic N) is 2. The molecule has 1 heterocycles. The largest absolute Gasteiger partial charge is 0.288 e. The zero-order valence-corrected chi connectivity index (χ0v) is 12.4. The molecule has 0 radical (unpaired) electrons. The van der Waals surface area contributed by atoms with Crippen LogP contribution in [0.1, 0.15) is 0 Å². The second-order valence-electron chi connectivity index (χ2n) is 4.60. The molecule has 3 rings (SSSR count). The van der Waals surface area contributed by atoms with Gasteiger partial charge in [-0.25, -0.2) is 4.99 Å². The molecule has 21 heavy (non-hydrogen) atoms. The molecule has 0 amide bonds. The summed E-state index contributed by atoms with van der Waals surface area (Å²) in [4.78, 5) is 18.3. The molecule has 0 atom stereocenters. The van der Waals surface area contributed by atoms with Gasteiger partial charge in [0.25, 0.3) is 5.56 Å². The van der Waals surface area contributed by atoms with Gasteiger partial charge in [-0.05, 0) is 17.7 Å². The monoisotopic (exact) mass is 294 g/mol. The van der Waals surface area contributed by atoms with Crippen molar-refractivity contribution in [3.05, 3.63) is 81.9 Å². The van der Waals surface area contributed by atoms with Crippen LogP contribution in [-0.4, -0.2) is 4.57 Å². The lowest BCUT2D eigenvalue weighted by Gasteiger charge is -2.03. The molecule has 3 aromatic rings. The lowest BCUT2D eigenvalue weighted by Crippen LogP contribution is -2.28. The Hall–Kier alpha value is -2.46. The first kappa shape index (κ1) is 13.5. The van der Waals surface area contributed by atoms with Crippen molar-refractivity contribution in [2.24, 2.45) is 12.0 Å². The van der Waals surface area contributed by atoms with Crippen LogP contribution in [0.5, 0.6) is 0 Å². The van der Waals surface area contributed by atoms with Crippen molar-refractivity contribution in [1.82, 2.24) is 4.57 Å². The second kappa shape index (κ2) is 5.89. The van der Waals surface area contributed by atoms with Crippen LogP contribution in [0.4, 0.5) is 5.69 Å². The molecular weight excluding hydrogens is 280 g/mol. The molecule has 2 aromatic carbocycles. The Labute approximate surface area is 126 Å². The molecule has 104 valence electrons. The predicted octanol–water partition coefficient (Wildman–Crippen LogP) is 3.35. The van der Waals surface area contributed by atoms with E-state index in [2.05, 4.69) is 4.99 Å². The summed E-state index contributed by atoms with van der Waals surface area (Å²) in [7, 11) is 1.75. The van der Waals surface area contributed by atoms with E-state index in [4.69, 9.17) is 0 Å². The first-order chi connectivity index (χ1) is 10.2. The van der Waals surface area contributed by atoms with Gasteiger partial charge in [0.15, 0.2) is 4.80 Å². The van der Waals surface area contributed by atoms with Crippen LogP contribution in [0, 0.1) is 0 Å². The van der Waals surface area contributed by atoms with E-state index < -0.39 is 0 Å². The minimum Gasteiger partial charge on any atom is -0.288 e. The van der Waals surface area contributed by atoms with Crippen LogP contribution in [0.2, 0.25) is 0 Å². The highest BCUT2D eigenvalue weighted by Gasteiger charge is 2.03. The number of benzene rings is 2. The molecule has 0 N–H and O–H groups in total. The third kappa shape index (κ3) is 3.01. The number of hydrogen-bond donors (Lipinski definition) is 0. The topological polar surface area (TPSA) is 34.4 Å². The normalized spacial score (nSPS) is 11.6. The van der Waals surface area contributed by atoms with Gasteiger partial charge >= 0.3 is 0 Å². The van der Waals surface area contributed by atoms with Gasteiger partial charge in [0.2, 0.25) is 0 Å². The summed E-state index contributed by atoms with van der Waals surface area (Å²) >= 11 is 1.51. The van der Waals surface area contributed by atoms with Gasteiger partial charge in [0.1, 0.15) is 0 Å². The van der Waals surface area contributed by atoms with Gasteiger partial charge in [0.05, 0.1) is 5.69 Å². The van der Waals surface area contributed by atoms with Gasteiger partial charge in [-0.3, -0.25) is 9.36 Å². The molecule has 0 aliphatic rings. The highest BCUT2D eigenvalue weighted by Crippen LogP contribution is 2.19. The van der Waals surface area contributed by atoms with Crippen LogP contribution < -0.4 is 10.4 Å².